The van der Waals surface area contributed by atoms with Crippen LogP contribution in [0.3, 0.4) is 0 Å². The maximum atomic E-state index is 4.59. The first-order valence-electron chi connectivity index (χ1n) is 8.80. The molecule has 126 valence electrons. The lowest BCUT2D eigenvalue weighted by Crippen LogP contribution is -2.09. The number of benzene rings is 1. The highest BCUT2D eigenvalue weighted by molar-refractivity contribution is 5.58. The molecule has 0 atom stereocenters. The van der Waals surface area contributed by atoms with Crippen molar-refractivity contribution in [3.8, 4) is 0 Å². The molecule has 0 radical (unpaired) electrons. The minimum absolute atomic E-state index is 0.696. The van der Waals surface area contributed by atoms with Crippen molar-refractivity contribution in [1.29, 1.82) is 0 Å². The van der Waals surface area contributed by atoms with Crippen molar-refractivity contribution in [1.82, 2.24) is 9.97 Å². The fraction of sp³-hybridized carbons (Fsp3) is 0.400. The van der Waals surface area contributed by atoms with E-state index in [4.69, 9.17) is 0 Å². The molecule has 2 aromatic rings. The van der Waals surface area contributed by atoms with Gasteiger partial charge in [-0.15, -0.1) is 0 Å². The molecule has 1 aliphatic carbocycles. The normalized spacial score (nSPS) is 14.2. The summed E-state index contributed by atoms with van der Waals surface area (Å²) < 4.78 is 0. The summed E-state index contributed by atoms with van der Waals surface area (Å²) in [5.41, 5.74) is 4.80. The van der Waals surface area contributed by atoms with Gasteiger partial charge in [-0.05, 0) is 63.6 Å². The molecule has 1 aromatic heterocycles. The molecule has 24 heavy (non-hydrogen) atoms. The van der Waals surface area contributed by atoms with E-state index in [-0.39, 0.29) is 0 Å². The zero-order valence-corrected chi connectivity index (χ0v) is 14.6. The van der Waals surface area contributed by atoms with Crippen LogP contribution in [0.2, 0.25) is 0 Å². The molecule has 0 bridgehead atoms. The molecule has 0 spiro atoms. The van der Waals surface area contributed by atoms with Gasteiger partial charge in [0.1, 0.15) is 5.82 Å². The average Bonchev–Trinajstić information content (AvgIpc) is 2.55. The molecule has 0 saturated heterocycles. The Hall–Kier alpha value is -2.36. The van der Waals surface area contributed by atoms with Crippen molar-refractivity contribution < 1.29 is 0 Å². The topological polar surface area (TPSA) is 49.8 Å². The number of aryl methyl sites for hydroxylation is 2. The number of hydrogen-bond acceptors (Lipinski definition) is 4. The molecule has 3 rings (SSSR count). The van der Waals surface area contributed by atoms with Crippen LogP contribution >= 0.6 is 0 Å². The first kappa shape index (κ1) is 16.5. The Bertz CT molecular complexity index is 721. The van der Waals surface area contributed by atoms with Gasteiger partial charge in [-0.1, -0.05) is 23.8 Å². The molecule has 2 N–H and O–H groups in total. The Balaban J connectivity index is 1.61. The van der Waals surface area contributed by atoms with Crippen molar-refractivity contribution in [2.75, 3.05) is 17.2 Å². The molecule has 4 nitrogen and oxygen atoms in total. The second kappa shape index (κ2) is 7.95. The minimum Gasteiger partial charge on any atom is -0.354 e. The van der Waals surface area contributed by atoms with E-state index in [2.05, 4.69) is 45.7 Å². The number of aromatic nitrogens is 2. The third kappa shape index (κ3) is 4.82. The Morgan fingerprint density at radius 3 is 2.79 bits per heavy atom. The summed E-state index contributed by atoms with van der Waals surface area (Å²) in [6.07, 6.45) is 8.63. The largest absolute Gasteiger partial charge is 0.354 e. The van der Waals surface area contributed by atoms with Crippen LogP contribution in [0, 0.1) is 13.8 Å². The second-order valence-electron chi connectivity index (χ2n) is 6.50. The van der Waals surface area contributed by atoms with Gasteiger partial charge in [-0.25, -0.2) is 4.98 Å². The lowest BCUT2D eigenvalue weighted by atomic mass is 9.97. The number of anilines is 3. The number of rotatable bonds is 6. The van der Waals surface area contributed by atoms with E-state index < -0.39 is 0 Å². The molecule has 4 heteroatoms. The fourth-order valence-corrected chi connectivity index (χ4v) is 3.05. The van der Waals surface area contributed by atoms with E-state index in [9.17, 15) is 0 Å². The number of nitrogens with one attached hydrogen (secondary N) is 2. The van der Waals surface area contributed by atoms with Crippen molar-refractivity contribution in [2.24, 2.45) is 0 Å². The molecule has 0 aliphatic heterocycles. The predicted molar refractivity (Wildman–Crippen MR) is 101 cm³/mol. The first-order chi connectivity index (χ1) is 11.7. The van der Waals surface area contributed by atoms with Gasteiger partial charge in [0.2, 0.25) is 5.95 Å². The third-order valence-electron chi connectivity index (χ3n) is 4.26. The lowest BCUT2D eigenvalue weighted by molar-refractivity contribution is 0.679. The SMILES string of the molecule is Cc1cccc(Nc2cc(C)nc(NCCC3=CCCCC3)n2)c1. The fourth-order valence-electron chi connectivity index (χ4n) is 3.05. The molecule has 1 aromatic carbocycles. The quantitative estimate of drug-likeness (QED) is 0.723. The number of hydrogen-bond donors (Lipinski definition) is 2. The summed E-state index contributed by atoms with van der Waals surface area (Å²) in [5.74, 6) is 1.52. The van der Waals surface area contributed by atoms with Gasteiger partial charge in [0, 0.05) is 24.0 Å². The van der Waals surface area contributed by atoms with Gasteiger partial charge in [0.05, 0.1) is 0 Å². The van der Waals surface area contributed by atoms with Crippen molar-refractivity contribution in [2.45, 2.75) is 46.0 Å². The molecular formula is C20H26N4. The lowest BCUT2D eigenvalue weighted by Gasteiger charge is -2.13. The molecule has 1 aliphatic rings. The summed E-state index contributed by atoms with van der Waals surface area (Å²) in [4.78, 5) is 9.08. The zero-order chi connectivity index (χ0) is 16.8. The highest BCUT2D eigenvalue weighted by Crippen LogP contribution is 2.21. The summed E-state index contributed by atoms with van der Waals surface area (Å²) >= 11 is 0. The molecule has 0 fully saturated rings. The van der Waals surface area contributed by atoms with E-state index in [1.807, 2.05) is 25.1 Å². The van der Waals surface area contributed by atoms with Crippen LogP contribution in [0.25, 0.3) is 0 Å². The van der Waals surface area contributed by atoms with E-state index in [0.29, 0.717) is 5.95 Å². The number of allylic oxidation sites excluding steroid dienone is 1. The van der Waals surface area contributed by atoms with Crippen molar-refractivity contribution in [3.63, 3.8) is 0 Å². The third-order valence-corrected chi connectivity index (χ3v) is 4.26. The van der Waals surface area contributed by atoms with E-state index in [1.165, 1.54) is 31.2 Å². The summed E-state index contributed by atoms with van der Waals surface area (Å²) in [7, 11) is 0. The molecule has 0 amide bonds. The monoisotopic (exact) mass is 322 g/mol. The molecule has 1 heterocycles. The summed E-state index contributed by atoms with van der Waals surface area (Å²) in [6.45, 7) is 4.97. The highest BCUT2D eigenvalue weighted by Gasteiger charge is 2.05. The molecule has 0 saturated carbocycles. The first-order valence-corrected chi connectivity index (χ1v) is 8.80. The summed E-state index contributed by atoms with van der Waals surface area (Å²) in [5, 5.41) is 6.73. The van der Waals surface area contributed by atoms with Crippen LogP contribution in [0.1, 0.15) is 43.4 Å². The molecule has 0 unspecified atom stereocenters. The van der Waals surface area contributed by atoms with Gasteiger partial charge in [0.15, 0.2) is 0 Å². The minimum atomic E-state index is 0.696. The van der Waals surface area contributed by atoms with E-state index >= 15 is 0 Å². The maximum absolute atomic E-state index is 4.59. The summed E-state index contributed by atoms with van der Waals surface area (Å²) in [6, 6.07) is 10.3. The predicted octanol–water partition coefficient (Wildman–Crippen LogP) is 5.14. The van der Waals surface area contributed by atoms with Crippen LogP contribution < -0.4 is 10.6 Å². The highest BCUT2D eigenvalue weighted by atomic mass is 15.1. The Morgan fingerprint density at radius 1 is 1.08 bits per heavy atom. The van der Waals surface area contributed by atoms with Gasteiger partial charge in [0.25, 0.3) is 0 Å². The van der Waals surface area contributed by atoms with Gasteiger partial charge in [-0.3, -0.25) is 0 Å². The standard InChI is InChI=1S/C20H26N4/c1-15-7-6-10-18(13-15)23-19-14-16(2)22-20(24-19)21-12-11-17-8-4-3-5-9-17/h6-8,10,13-14H,3-5,9,11-12H2,1-2H3,(H2,21,22,23,24). The smallest absolute Gasteiger partial charge is 0.224 e. The Morgan fingerprint density at radius 2 is 2.00 bits per heavy atom. The van der Waals surface area contributed by atoms with Gasteiger partial charge < -0.3 is 10.6 Å². The second-order valence-corrected chi connectivity index (χ2v) is 6.50. The van der Waals surface area contributed by atoms with Gasteiger partial charge >= 0.3 is 0 Å². The Labute approximate surface area is 144 Å². The van der Waals surface area contributed by atoms with Crippen LogP contribution in [0.5, 0.6) is 0 Å². The average molecular weight is 322 g/mol. The van der Waals surface area contributed by atoms with Crippen LogP contribution in [0.4, 0.5) is 17.5 Å². The molecular weight excluding hydrogens is 296 g/mol. The van der Waals surface area contributed by atoms with Crippen LogP contribution in [-0.2, 0) is 0 Å². The zero-order valence-electron chi connectivity index (χ0n) is 14.6. The van der Waals surface area contributed by atoms with Crippen molar-refractivity contribution in [3.05, 3.63) is 53.2 Å². The van der Waals surface area contributed by atoms with Crippen LogP contribution in [0.15, 0.2) is 42.0 Å². The van der Waals surface area contributed by atoms with Gasteiger partial charge in [-0.2, -0.15) is 4.98 Å². The number of nitrogens with zero attached hydrogens (tertiary/aromatic N) is 2. The van der Waals surface area contributed by atoms with E-state index in [1.54, 1.807) is 5.57 Å². The Kier molecular flexibility index (Phi) is 5.47. The maximum Gasteiger partial charge on any atom is 0.224 e. The van der Waals surface area contributed by atoms with Crippen LogP contribution in [-0.4, -0.2) is 16.5 Å². The van der Waals surface area contributed by atoms with Crippen molar-refractivity contribution >= 4 is 17.5 Å². The van der Waals surface area contributed by atoms with E-state index in [0.717, 1.165) is 30.2 Å².